The normalized spacial score (nSPS) is 10.2. The molecule has 0 unspecified atom stereocenters. The van der Waals surface area contributed by atoms with E-state index in [0.29, 0.717) is 92.5 Å². The molecule has 0 bridgehead atoms. The molecule has 0 aliphatic heterocycles. The molecule has 0 aliphatic rings. The molecule has 0 fully saturated rings. The number of aromatic nitrogens is 1. The Balaban J connectivity index is 0.00000584. The van der Waals surface area contributed by atoms with E-state index >= 15 is 0 Å². The molecule has 0 atom stereocenters. The largest absolute Gasteiger partial charge is 0.679 e. The predicted molar refractivity (Wildman–Crippen MR) is 233 cm³/mol. The van der Waals surface area contributed by atoms with Crippen molar-refractivity contribution in [3.8, 4) is 0 Å². The third kappa shape index (κ3) is 34.9. The van der Waals surface area contributed by atoms with Crippen LogP contribution in [0.4, 0.5) is 0 Å². The Morgan fingerprint density at radius 1 is 0.548 bits per heavy atom. The number of rotatable bonds is 36. The number of hydrogen-bond acceptors (Lipinski definition) is 14. The van der Waals surface area contributed by atoms with E-state index in [0.717, 1.165) is 5.56 Å². The number of nitrogens with one attached hydrogen (secondary N) is 5. The Hall–Kier alpha value is -3.58. The Kier molecular flexibility index (Phi) is 42.8. The van der Waals surface area contributed by atoms with Gasteiger partial charge < -0.3 is 65.3 Å². The van der Waals surface area contributed by atoms with Gasteiger partial charge in [-0.15, -0.1) is 0 Å². The van der Waals surface area contributed by atoms with Crippen molar-refractivity contribution in [2.45, 2.75) is 6.54 Å². The number of nitrogens with zero attached hydrogens (tertiary/aromatic N) is 7. The zero-order valence-electron chi connectivity index (χ0n) is 34.6. The van der Waals surface area contributed by atoms with Gasteiger partial charge in [-0.05, 0) is 47.0 Å². The summed E-state index contributed by atoms with van der Waals surface area (Å²) in [6.07, 6.45) is 3.23. The van der Waals surface area contributed by atoms with Gasteiger partial charge in [-0.3, -0.25) is 19.4 Å². The maximum Gasteiger partial charge on any atom is 0.251 e. The van der Waals surface area contributed by atoms with Gasteiger partial charge in [0.05, 0.1) is 106 Å². The smallest absolute Gasteiger partial charge is 0.251 e. The number of ether oxygens (including phenoxy) is 8. The monoisotopic (exact) mass is 1170 g/mol. The summed E-state index contributed by atoms with van der Waals surface area (Å²) in [4.78, 5) is 48.5. The Morgan fingerprint density at radius 3 is 1.18 bits per heavy atom. The van der Waals surface area contributed by atoms with Gasteiger partial charge >= 0.3 is 35.5 Å². The maximum atomic E-state index is 13.1. The summed E-state index contributed by atoms with van der Waals surface area (Å²) in [6.45, 7) is 7.15. The molecule has 0 radical (unpaired) electrons. The summed E-state index contributed by atoms with van der Waals surface area (Å²) in [6, 6.07) is 7.81. The van der Waals surface area contributed by atoms with Crippen molar-refractivity contribution in [2.75, 3.05) is 145 Å². The number of benzene rings is 1. The fraction of sp³-hybridized carbons (Fsp3) is 0.622. The molecule has 1 heterocycles. The van der Waals surface area contributed by atoms with Crippen molar-refractivity contribution in [3.05, 3.63) is 97.3 Å². The van der Waals surface area contributed by atoms with E-state index in [-0.39, 0.29) is 75.7 Å². The Labute approximate surface area is 383 Å². The molecule has 0 saturated carbocycles. The van der Waals surface area contributed by atoms with Crippen LogP contribution in [0.1, 0.15) is 36.6 Å². The van der Waals surface area contributed by atoms with Crippen LogP contribution in [0.25, 0.3) is 32.4 Å². The average Bonchev–Trinajstić information content (AvgIpc) is 3.31. The van der Waals surface area contributed by atoms with Gasteiger partial charge in [0.25, 0.3) is 17.7 Å². The van der Waals surface area contributed by atoms with Crippen molar-refractivity contribution in [1.82, 2.24) is 20.9 Å². The van der Waals surface area contributed by atoms with E-state index in [2.05, 4.69) is 76.5 Å². The molecule has 3 amide bonds. The molecule has 0 aliphatic carbocycles. The molecule has 2 aromatic rings. The third-order valence-corrected chi connectivity index (χ3v) is 7.14. The number of hydrogen-bond donors (Lipinski definition) is 3. The van der Waals surface area contributed by atoms with Gasteiger partial charge in [0, 0.05) is 71.6 Å². The second-order valence-corrected chi connectivity index (χ2v) is 11.7. The summed E-state index contributed by atoms with van der Waals surface area (Å²) in [7, 11) is 0. The fourth-order valence-electron chi connectivity index (χ4n) is 4.31. The summed E-state index contributed by atoms with van der Waals surface area (Å²) >= 11 is 4.23. The first kappa shape index (κ1) is 58.4. The van der Waals surface area contributed by atoms with E-state index in [4.69, 9.17) is 60.4 Å². The number of azide groups is 2. The topological polar surface area (TPSA) is 319 Å². The molecule has 0 saturated heterocycles. The van der Waals surface area contributed by atoms with E-state index in [1.165, 1.54) is 18.2 Å². The zero-order valence-corrected chi connectivity index (χ0v) is 39.1. The number of halogens is 1. The molecule has 1 aromatic heterocycles. The molecule has 1 aromatic carbocycles. The molecule has 5 N–H and O–H groups in total. The van der Waals surface area contributed by atoms with Crippen LogP contribution in [0.2, 0.25) is 0 Å². The van der Waals surface area contributed by atoms with Gasteiger partial charge in [-0.2, -0.15) is 13.1 Å². The van der Waals surface area contributed by atoms with Crippen LogP contribution in [0.3, 0.4) is 0 Å². The van der Waals surface area contributed by atoms with Crippen molar-refractivity contribution >= 4 is 37.1 Å². The van der Waals surface area contributed by atoms with Gasteiger partial charge in [-0.25, -0.2) is 0 Å². The average molecular weight is 1170 g/mol. The van der Waals surface area contributed by atoms with E-state index < -0.39 is 17.7 Å². The van der Waals surface area contributed by atoms with Gasteiger partial charge in [0.15, 0.2) is 0 Å². The Morgan fingerprint density at radius 2 is 0.855 bits per heavy atom. The van der Waals surface area contributed by atoms with Crippen molar-refractivity contribution in [2.24, 2.45) is 10.2 Å². The quantitative estimate of drug-likeness (QED) is 0.0284. The standard InChI is InChI=1S/C35H52N10O11.C2H6N2.HI.Pt/c36-44-42-7-11-51-15-19-55-23-21-53-17-13-49-9-5-39-33(46)30-25-31(27-32(26-30)35(48)41-28-29-1-3-38-4-2-29)34(47)40-6-10-50-14-18-54-22-24-56-20-16-52-12-8-43-45-37;3-1-2-4;;/h1-4,25-27H,5-24,28H2,(H,39,46)(H,40,47)(H,41,48);3-4H,1-2H2;1H;/q;-2;;+1/p-1. The van der Waals surface area contributed by atoms with Crippen molar-refractivity contribution < 1.29 is 68.4 Å². The fourth-order valence-corrected chi connectivity index (χ4v) is 4.31. The van der Waals surface area contributed by atoms with E-state index in [1.807, 2.05) is 0 Å². The SMILES string of the molecule is [I][Pt].[N-]=[N+]=NCCOCCOCCOCCOCCNC(=O)c1cc(C(=O)NCCOCCOCCOCCOCCN=[N+]=[N-])cc(C(=O)NCc2ccncc2)c1.[NH-]CC[NH-]. The number of amides is 3. The first-order valence-corrected chi connectivity index (χ1v) is 25.8. The number of pyridine rings is 1. The van der Waals surface area contributed by atoms with Gasteiger partial charge in [0.1, 0.15) is 0 Å². The molecule has 0 spiro atoms. The number of carbonyl (C=O) groups excluding carboxylic acids is 3. The zero-order chi connectivity index (χ0) is 45.6. The van der Waals surface area contributed by atoms with Crippen LogP contribution in [0, 0.1) is 0 Å². The predicted octanol–water partition coefficient (Wildman–Crippen LogP) is 4.20. The molecule has 23 nitrogen and oxygen atoms in total. The van der Waals surface area contributed by atoms with Gasteiger partial charge in [0.2, 0.25) is 0 Å². The summed E-state index contributed by atoms with van der Waals surface area (Å²) in [5, 5.41) is 15.0. The summed E-state index contributed by atoms with van der Waals surface area (Å²) in [5.74, 6) is -1.42. The van der Waals surface area contributed by atoms with Gasteiger partial charge in [-0.1, -0.05) is 10.2 Å². The minimum Gasteiger partial charge on any atom is -0.679 e. The minimum absolute atomic E-state index is 0.131. The van der Waals surface area contributed by atoms with Crippen molar-refractivity contribution in [3.63, 3.8) is 0 Å². The molecular formula is C37H58IN12O11Pt-2. The van der Waals surface area contributed by atoms with Crippen LogP contribution >= 0.6 is 19.4 Å². The molecule has 62 heavy (non-hydrogen) atoms. The van der Waals surface area contributed by atoms with E-state index in [9.17, 15) is 14.4 Å². The summed E-state index contributed by atoms with van der Waals surface area (Å²) in [5.41, 5.74) is 30.2. The first-order valence-electron chi connectivity index (χ1n) is 19.4. The molecule has 2 rings (SSSR count). The maximum absolute atomic E-state index is 13.1. The summed E-state index contributed by atoms with van der Waals surface area (Å²) < 4.78 is 43.2. The van der Waals surface area contributed by atoms with E-state index in [1.54, 1.807) is 24.5 Å². The second kappa shape index (κ2) is 45.4. The molecular weight excluding hydrogens is 1110 g/mol. The van der Waals surface area contributed by atoms with Crippen LogP contribution in [-0.4, -0.2) is 168 Å². The van der Waals surface area contributed by atoms with Crippen LogP contribution in [0.5, 0.6) is 0 Å². The van der Waals surface area contributed by atoms with Crippen molar-refractivity contribution in [1.29, 1.82) is 0 Å². The van der Waals surface area contributed by atoms with Crippen LogP contribution in [-0.2, 0) is 60.6 Å². The van der Waals surface area contributed by atoms with Crippen LogP contribution < -0.4 is 16.0 Å². The molecule has 351 valence electrons. The Bertz CT molecular complexity index is 1450. The van der Waals surface area contributed by atoms with Crippen LogP contribution in [0.15, 0.2) is 53.0 Å². The second-order valence-electron chi connectivity index (χ2n) is 11.7. The minimum atomic E-state index is -0.481. The first-order chi connectivity index (χ1) is 30.5. The third-order valence-electron chi connectivity index (χ3n) is 7.14. The molecule has 25 heteroatoms. The number of carbonyl (C=O) groups is 3.